The van der Waals surface area contributed by atoms with E-state index in [1.54, 1.807) is 10.7 Å². The zero-order chi connectivity index (χ0) is 22.9. The van der Waals surface area contributed by atoms with E-state index < -0.39 is 12.2 Å². The Morgan fingerprint density at radius 1 is 1.37 bits per heavy atom. The summed E-state index contributed by atoms with van der Waals surface area (Å²) in [5, 5.41) is 16.1. The number of methoxy groups -OCH3 is 1. The quantitative estimate of drug-likeness (QED) is 0.676. The maximum Gasteiger partial charge on any atom is 0.408 e. The number of hydrogen-bond acceptors (Lipinski definition) is 6. The number of aromatic nitrogens is 2. The first kappa shape index (κ1) is 25.0. The van der Waals surface area contributed by atoms with Crippen molar-refractivity contribution in [2.45, 2.75) is 45.5 Å². The van der Waals surface area contributed by atoms with Gasteiger partial charge in [-0.1, -0.05) is 18.5 Å². The van der Waals surface area contributed by atoms with Crippen LogP contribution in [0.3, 0.4) is 0 Å². The molecule has 0 saturated carbocycles. The summed E-state index contributed by atoms with van der Waals surface area (Å²) in [6.45, 7) is 3.30. The molecular weight excluding hydrogens is 425 g/mol. The Labute approximate surface area is 176 Å². The monoisotopic (exact) mass is 444 g/mol. The molecule has 0 bridgehead atoms. The Bertz CT molecular complexity index is 932. The summed E-state index contributed by atoms with van der Waals surface area (Å²) in [5.74, 6) is 0.358. The van der Waals surface area contributed by atoms with Crippen molar-refractivity contribution in [1.29, 1.82) is 5.26 Å². The van der Waals surface area contributed by atoms with Gasteiger partial charge < -0.3 is 10.1 Å². The second kappa shape index (κ2) is 11.2. The van der Waals surface area contributed by atoms with E-state index in [1.165, 1.54) is 19.2 Å². The SMILES string of the molecule is CCc1nn(CCC#N)c(-c2ccc(N[C@H](C)C(F)(F)F)cc2OC)c1Cl.O=C=O. The third-order valence-electron chi connectivity index (χ3n) is 4.06. The Kier molecular flexibility index (Phi) is 9.37. The van der Waals surface area contributed by atoms with Gasteiger partial charge in [0.25, 0.3) is 0 Å². The van der Waals surface area contributed by atoms with Crippen molar-refractivity contribution in [2.75, 3.05) is 12.4 Å². The van der Waals surface area contributed by atoms with Gasteiger partial charge in [-0.15, -0.1) is 0 Å². The molecule has 0 aliphatic rings. The highest BCUT2D eigenvalue weighted by Crippen LogP contribution is 2.39. The van der Waals surface area contributed by atoms with Gasteiger partial charge in [-0.3, -0.25) is 4.68 Å². The van der Waals surface area contributed by atoms with E-state index in [0.717, 1.165) is 6.92 Å². The van der Waals surface area contributed by atoms with Gasteiger partial charge in [-0.25, -0.2) is 0 Å². The lowest BCUT2D eigenvalue weighted by Crippen LogP contribution is -2.33. The zero-order valence-corrected chi connectivity index (χ0v) is 17.3. The highest BCUT2D eigenvalue weighted by atomic mass is 35.5. The Morgan fingerprint density at radius 3 is 2.50 bits per heavy atom. The van der Waals surface area contributed by atoms with Crippen LogP contribution in [0.1, 0.15) is 26.0 Å². The molecule has 1 heterocycles. The van der Waals surface area contributed by atoms with Gasteiger partial charge in [0, 0.05) is 17.3 Å². The van der Waals surface area contributed by atoms with Crippen molar-refractivity contribution in [3.05, 3.63) is 28.9 Å². The maximum atomic E-state index is 12.8. The van der Waals surface area contributed by atoms with Crippen molar-refractivity contribution >= 4 is 23.4 Å². The normalized spacial score (nSPS) is 11.5. The summed E-state index contributed by atoms with van der Waals surface area (Å²) in [4.78, 5) is 16.2. The summed E-state index contributed by atoms with van der Waals surface area (Å²) in [6, 6.07) is 5.01. The minimum atomic E-state index is -4.36. The van der Waals surface area contributed by atoms with Crippen molar-refractivity contribution in [3.63, 3.8) is 0 Å². The molecule has 0 saturated heterocycles. The number of anilines is 1. The first-order valence-corrected chi connectivity index (χ1v) is 9.15. The van der Waals surface area contributed by atoms with Crippen molar-refractivity contribution < 1.29 is 27.5 Å². The van der Waals surface area contributed by atoms with Crippen molar-refractivity contribution in [3.8, 4) is 23.1 Å². The van der Waals surface area contributed by atoms with Gasteiger partial charge in [0.05, 0.1) is 42.6 Å². The van der Waals surface area contributed by atoms with Crippen LogP contribution in [-0.2, 0) is 22.6 Å². The van der Waals surface area contributed by atoms with Crippen LogP contribution in [0, 0.1) is 11.3 Å². The summed E-state index contributed by atoms with van der Waals surface area (Å²) in [5.41, 5.74) is 2.13. The number of rotatable bonds is 7. The minimum absolute atomic E-state index is 0.249. The lowest BCUT2D eigenvalue weighted by Gasteiger charge is -2.19. The molecule has 30 heavy (non-hydrogen) atoms. The molecule has 7 nitrogen and oxygen atoms in total. The van der Waals surface area contributed by atoms with Crippen LogP contribution in [0.5, 0.6) is 5.75 Å². The minimum Gasteiger partial charge on any atom is -0.496 e. The summed E-state index contributed by atoms with van der Waals surface area (Å²) in [7, 11) is 1.43. The van der Waals surface area contributed by atoms with Crippen LogP contribution in [0.4, 0.5) is 18.9 Å². The van der Waals surface area contributed by atoms with E-state index in [0.29, 0.717) is 40.7 Å². The van der Waals surface area contributed by atoms with Crippen LogP contribution in [0.2, 0.25) is 5.02 Å². The van der Waals surface area contributed by atoms with Gasteiger partial charge in [-0.05, 0) is 25.5 Å². The van der Waals surface area contributed by atoms with Crippen LogP contribution in [0.15, 0.2) is 18.2 Å². The molecule has 0 aliphatic carbocycles. The molecule has 0 radical (unpaired) electrons. The molecular formula is C19H20ClF3N4O3. The molecule has 1 aromatic heterocycles. The standard InChI is InChI=1S/C18H20ClF3N4O.CO2/c1-4-14-16(19)17(26(25-14)9-5-8-23)13-7-6-12(10-15(13)27-3)24-11(2)18(20,21)22;2-1-3/h6-7,10-11,24H,4-5,9H2,1-3H3;/t11-;/m1./s1. The van der Waals surface area contributed by atoms with Crippen LogP contribution < -0.4 is 10.1 Å². The first-order valence-electron chi connectivity index (χ1n) is 8.77. The Morgan fingerprint density at radius 2 is 2.00 bits per heavy atom. The Balaban J connectivity index is 0.00000141. The second-order valence-electron chi connectivity index (χ2n) is 6.00. The van der Waals surface area contributed by atoms with E-state index in [4.69, 9.17) is 31.2 Å². The van der Waals surface area contributed by atoms with Gasteiger partial charge in [0.15, 0.2) is 0 Å². The molecule has 1 N–H and O–H groups in total. The van der Waals surface area contributed by atoms with Gasteiger partial charge in [0.1, 0.15) is 11.8 Å². The first-order chi connectivity index (χ1) is 14.1. The highest BCUT2D eigenvalue weighted by Gasteiger charge is 2.36. The van der Waals surface area contributed by atoms with Crippen LogP contribution in [-0.4, -0.2) is 35.3 Å². The Hall–Kier alpha value is -3.02. The maximum absolute atomic E-state index is 12.8. The van der Waals surface area contributed by atoms with E-state index in [-0.39, 0.29) is 18.3 Å². The molecule has 0 fully saturated rings. The number of alkyl halides is 3. The number of hydrogen-bond donors (Lipinski definition) is 1. The topological polar surface area (TPSA) is 97.0 Å². The highest BCUT2D eigenvalue weighted by molar-refractivity contribution is 6.33. The predicted octanol–water partition coefficient (Wildman–Crippen LogP) is 4.47. The molecule has 0 aliphatic heterocycles. The lowest BCUT2D eigenvalue weighted by atomic mass is 10.1. The van der Waals surface area contributed by atoms with Crippen LogP contribution >= 0.6 is 11.6 Å². The molecule has 1 aromatic carbocycles. The van der Waals surface area contributed by atoms with E-state index in [9.17, 15) is 13.2 Å². The lowest BCUT2D eigenvalue weighted by molar-refractivity contribution is -0.191. The van der Waals surface area contributed by atoms with Gasteiger partial charge in [-0.2, -0.15) is 33.1 Å². The average molecular weight is 445 g/mol. The number of aryl methyl sites for hydroxylation is 2. The number of carbonyl (C=O) groups excluding carboxylic acids is 2. The fourth-order valence-corrected chi connectivity index (χ4v) is 2.97. The molecule has 0 spiro atoms. The van der Waals surface area contributed by atoms with E-state index in [2.05, 4.69) is 16.5 Å². The zero-order valence-electron chi connectivity index (χ0n) is 16.5. The third kappa shape index (κ3) is 6.24. The number of halogens is 4. The molecule has 2 rings (SSSR count). The molecule has 0 amide bonds. The third-order valence-corrected chi connectivity index (χ3v) is 4.46. The number of benzene rings is 1. The molecule has 11 heteroatoms. The average Bonchev–Trinajstić information content (AvgIpc) is 3.01. The number of ether oxygens (including phenoxy) is 1. The molecule has 0 unspecified atom stereocenters. The van der Waals surface area contributed by atoms with Crippen molar-refractivity contribution in [2.24, 2.45) is 0 Å². The summed E-state index contributed by atoms with van der Waals surface area (Å²) in [6.07, 6.45) is -3.25. The van der Waals surface area contributed by atoms with E-state index >= 15 is 0 Å². The summed E-state index contributed by atoms with van der Waals surface area (Å²) >= 11 is 6.47. The number of nitrogens with zero attached hydrogens (tertiary/aromatic N) is 3. The smallest absolute Gasteiger partial charge is 0.408 e. The summed E-state index contributed by atoms with van der Waals surface area (Å²) < 4.78 is 45.3. The molecule has 1 atom stereocenters. The van der Waals surface area contributed by atoms with E-state index in [1.807, 2.05) is 6.92 Å². The van der Waals surface area contributed by atoms with Crippen molar-refractivity contribution in [1.82, 2.24) is 9.78 Å². The molecule has 162 valence electrons. The van der Waals surface area contributed by atoms with Gasteiger partial charge >= 0.3 is 12.3 Å². The number of nitrogens with one attached hydrogen (secondary N) is 1. The molecule has 2 aromatic rings. The number of nitriles is 1. The predicted molar refractivity (Wildman–Crippen MR) is 103 cm³/mol. The van der Waals surface area contributed by atoms with Crippen LogP contribution in [0.25, 0.3) is 11.3 Å². The fraction of sp³-hybridized carbons (Fsp3) is 0.421. The fourth-order valence-electron chi connectivity index (χ4n) is 2.60. The second-order valence-corrected chi connectivity index (χ2v) is 6.38. The van der Waals surface area contributed by atoms with Gasteiger partial charge in [0.2, 0.25) is 0 Å². The largest absolute Gasteiger partial charge is 0.496 e.